The van der Waals surface area contributed by atoms with Crippen molar-refractivity contribution in [2.45, 2.75) is 45.4 Å². The van der Waals surface area contributed by atoms with Crippen LogP contribution in [0.15, 0.2) is 0 Å². The first-order valence-electron chi connectivity index (χ1n) is 7.98. The third kappa shape index (κ3) is 4.22. The molecule has 1 aliphatic heterocycles. The van der Waals surface area contributed by atoms with Gasteiger partial charge in [0.25, 0.3) is 0 Å². The minimum absolute atomic E-state index is 0.639. The summed E-state index contributed by atoms with van der Waals surface area (Å²) in [7, 11) is 0. The molecule has 1 saturated heterocycles. The molecule has 0 aromatic heterocycles. The summed E-state index contributed by atoms with van der Waals surface area (Å²) in [5.41, 5.74) is 0.639. The van der Waals surface area contributed by atoms with E-state index >= 15 is 0 Å². The first-order valence-corrected chi connectivity index (χ1v) is 7.98. The third-order valence-electron chi connectivity index (χ3n) is 4.95. The van der Waals surface area contributed by atoms with Crippen molar-refractivity contribution in [3.05, 3.63) is 0 Å². The molecule has 3 nitrogen and oxygen atoms in total. The summed E-state index contributed by atoms with van der Waals surface area (Å²) in [5, 5.41) is 7.19. The SMILES string of the molecule is CCC1(CNCCN2CCCNCC2)CCCC1. The van der Waals surface area contributed by atoms with Gasteiger partial charge in [0.15, 0.2) is 0 Å². The van der Waals surface area contributed by atoms with Gasteiger partial charge in [0.05, 0.1) is 0 Å². The zero-order chi connectivity index (χ0) is 12.7. The van der Waals surface area contributed by atoms with E-state index in [1.807, 2.05) is 0 Å². The van der Waals surface area contributed by atoms with E-state index in [0.717, 1.165) is 0 Å². The molecule has 18 heavy (non-hydrogen) atoms. The Bertz CT molecular complexity index is 216. The zero-order valence-electron chi connectivity index (χ0n) is 12.1. The second kappa shape index (κ2) is 7.46. The van der Waals surface area contributed by atoms with Gasteiger partial charge in [0.2, 0.25) is 0 Å². The van der Waals surface area contributed by atoms with Crippen LogP contribution in [0.5, 0.6) is 0 Å². The highest BCUT2D eigenvalue weighted by Crippen LogP contribution is 2.40. The highest BCUT2D eigenvalue weighted by Gasteiger charge is 2.31. The van der Waals surface area contributed by atoms with Crippen molar-refractivity contribution in [3.8, 4) is 0 Å². The molecule has 106 valence electrons. The van der Waals surface area contributed by atoms with Gasteiger partial charge in [-0.15, -0.1) is 0 Å². The molecule has 2 rings (SSSR count). The largest absolute Gasteiger partial charge is 0.315 e. The Morgan fingerprint density at radius 3 is 2.72 bits per heavy atom. The summed E-state index contributed by atoms with van der Waals surface area (Å²) in [4.78, 5) is 2.60. The van der Waals surface area contributed by atoms with Crippen LogP contribution in [0, 0.1) is 5.41 Å². The summed E-state index contributed by atoms with van der Waals surface area (Å²) in [6.45, 7) is 10.9. The average Bonchev–Trinajstić information content (AvgIpc) is 2.72. The summed E-state index contributed by atoms with van der Waals surface area (Å²) in [6.07, 6.45) is 8.46. The lowest BCUT2D eigenvalue weighted by Crippen LogP contribution is -2.38. The van der Waals surface area contributed by atoms with Crippen molar-refractivity contribution in [2.75, 3.05) is 45.8 Å². The molecule has 0 amide bonds. The Hall–Kier alpha value is -0.120. The average molecular weight is 253 g/mol. The van der Waals surface area contributed by atoms with Crippen LogP contribution < -0.4 is 10.6 Å². The number of hydrogen-bond donors (Lipinski definition) is 2. The highest BCUT2D eigenvalue weighted by atomic mass is 15.2. The van der Waals surface area contributed by atoms with Gasteiger partial charge < -0.3 is 15.5 Å². The molecule has 0 spiro atoms. The van der Waals surface area contributed by atoms with E-state index in [1.54, 1.807) is 0 Å². The van der Waals surface area contributed by atoms with Gasteiger partial charge >= 0.3 is 0 Å². The van der Waals surface area contributed by atoms with Crippen LogP contribution in [-0.2, 0) is 0 Å². The smallest absolute Gasteiger partial charge is 0.0107 e. The lowest BCUT2D eigenvalue weighted by molar-refractivity contribution is 0.249. The minimum Gasteiger partial charge on any atom is -0.315 e. The van der Waals surface area contributed by atoms with Crippen LogP contribution >= 0.6 is 0 Å². The molecule has 0 unspecified atom stereocenters. The fourth-order valence-corrected chi connectivity index (χ4v) is 3.50. The monoisotopic (exact) mass is 253 g/mol. The summed E-state index contributed by atoms with van der Waals surface area (Å²) in [5.74, 6) is 0. The molecule has 2 fully saturated rings. The molecular formula is C15H31N3. The maximum atomic E-state index is 3.72. The molecule has 1 aliphatic carbocycles. The second-order valence-electron chi connectivity index (χ2n) is 6.18. The standard InChI is InChI=1S/C15H31N3/c1-2-15(6-3-4-7-15)14-17-10-13-18-11-5-8-16-9-12-18/h16-17H,2-14H2,1H3. The molecule has 2 N–H and O–H groups in total. The summed E-state index contributed by atoms with van der Waals surface area (Å²) >= 11 is 0. The quantitative estimate of drug-likeness (QED) is 0.707. The first-order chi connectivity index (χ1) is 8.85. The van der Waals surface area contributed by atoms with Gasteiger partial charge in [-0.2, -0.15) is 0 Å². The van der Waals surface area contributed by atoms with Crippen molar-refractivity contribution in [3.63, 3.8) is 0 Å². The molecular weight excluding hydrogens is 222 g/mol. The van der Waals surface area contributed by atoms with Crippen molar-refractivity contribution < 1.29 is 0 Å². The van der Waals surface area contributed by atoms with Gasteiger partial charge in [0.1, 0.15) is 0 Å². The molecule has 0 aromatic rings. The van der Waals surface area contributed by atoms with Crippen molar-refractivity contribution in [1.82, 2.24) is 15.5 Å². The molecule has 2 aliphatic rings. The minimum atomic E-state index is 0.639. The topological polar surface area (TPSA) is 27.3 Å². The lowest BCUT2D eigenvalue weighted by atomic mass is 9.83. The van der Waals surface area contributed by atoms with E-state index in [1.165, 1.54) is 84.3 Å². The Kier molecular flexibility index (Phi) is 5.93. The molecule has 0 bridgehead atoms. The van der Waals surface area contributed by atoms with E-state index in [4.69, 9.17) is 0 Å². The first kappa shape index (κ1) is 14.3. The molecule has 0 atom stereocenters. The Labute approximate surface area is 113 Å². The zero-order valence-corrected chi connectivity index (χ0v) is 12.1. The van der Waals surface area contributed by atoms with Gasteiger partial charge in [-0.25, -0.2) is 0 Å². The third-order valence-corrected chi connectivity index (χ3v) is 4.95. The molecule has 1 saturated carbocycles. The lowest BCUT2D eigenvalue weighted by Gasteiger charge is -2.28. The Morgan fingerprint density at radius 1 is 1.11 bits per heavy atom. The van der Waals surface area contributed by atoms with Crippen molar-refractivity contribution >= 4 is 0 Å². The van der Waals surface area contributed by atoms with Crippen LogP contribution in [0.3, 0.4) is 0 Å². The number of hydrogen-bond acceptors (Lipinski definition) is 3. The second-order valence-corrected chi connectivity index (χ2v) is 6.18. The van der Waals surface area contributed by atoms with Crippen LogP contribution in [0.4, 0.5) is 0 Å². The van der Waals surface area contributed by atoms with E-state index in [2.05, 4.69) is 22.5 Å². The van der Waals surface area contributed by atoms with Crippen LogP contribution in [0.1, 0.15) is 45.4 Å². The van der Waals surface area contributed by atoms with E-state index < -0.39 is 0 Å². The molecule has 1 heterocycles. The van der Waals surface area contributed by atoms with E-state index in [9.17, 15) is 0 Å². The van der Waals surface area contributed by atoms with Crippen LogP contribution in [0.25, 0.3) is 0 Å². The predicted octanol–water partition coefficient (Wildman–Crippen LogP) is 1.84. The van der Waals surface area contributed by atoms with E-state index in [0.29, 0.717) is 5.41 Å². The predicted molar refractivity (Wildman–Crippen MR) is 78.0 cm³/mol. The number of nitrogens with one attached hydrogen (secondary N) is 2. The normalized spacial score (nSPS) is 25.2. The van der Waals surface area contributed by atoms with Gasteiger partial charge in [-0.1, -0.05) is 19.8 Å². The van der Waals surface area contributed by atoms with Gasteiger partial charge in [-0.05, 0) is 44.2 Å². The van der Waals surface area contributed by atoms with Crippen molar-refractivity contribution in [2.24, 2.45) is 5.41 Å². The molecule has 3 heteroatoms. The Balaban J connectivity index is 1.59. The van der Waals surface area contributed by atoms with E-state index in [-0.39, 0.29) is 0 Å². The van der Waals surface area contributed by atoms with Crippen molar-refractivity contribution in [1.29, 1.82) is 0 Å². The highest BCUT2D eigenvalue weighted by molar-refractivity contribution is 4.85. The molecule has 0 radical (unpaired) electrons. The van der Waals surface area contributed by atoms with Gasteiger partial charge in [0, 0.05) is 32.7 Å². The maximum Gasteiger partial charge on any atom is 0.0107 e. The van der Waals surface area contributed by atoms with Gasteiger partial charge in [-0.3, -0.25) is 0 Å². The fraction of sp³-hybridized carbons (Fsp3) is 1.00. The van der Waals surface area contributed by atoms with Crippen LogP contribution in [0.2, 0.25) is 0 Å². The maximum absolute atomic E-state index is 3.72. The number of nitrogens with zero attached hydrogens (tertiary/aromatic N) is 1. The Morgan fingerprint density at radius 2 is 1.94 bits per heavy atom. The number of rotatable bonds is 6. The summed E-state index contributed by atoms with van der Waals surface area (Å²) in [6, 6.07) is 0. The van der Waals surface area contributed by atoms with Crippen LogP contribution in [-0.4, -0.2) is 50.7 Å². The molecule has 0 aromatic carbocycles. The fourth-order valence-electron chi connectivity index (χ4n) is 3.50. The summed E-state index contributed by atoms with van der Waals surface area (Å²) < 4.78 is 0.